The second-order valence-corrected chi connectivity index (χ2v) is 5.25. The second-order valence-electron chi connectivity index (χ2n) is 4.84. The molecule has 5 heteroatoms. The summed E-state index contributed by atoms with van der Waals surface area (Å²) in [4.78, 5) is 0. The van der Waals surface area contributed by atoms with Crippen LogP contribution >= 0.6 is 11.6 Å². The number of benzene rings is 2. The fourth-order valence-corrected chi connectivity index (χ4v) is 2.24. The van der Waals surface area contributed by atoms with Crippen LogP contribution in [-0.2, 0) is 19.3 Å². The molecule has 1 N–H and O–H groups in total. The van der Waals surface area contributed by atoms with E-state index >= 15 is 0 Å². The van der Waals surface area contributed by atoms with Crippen molar-refractivity contribution in [3.8, 4) is 0 Å². The van der Waals surface area contributed by atoms with Crippen molar-refractivity contribution in [3.63, 3.8) is 0 Å². The first-order valence-electron chi connectivity index (χ1n) is 6.49. The number of hydrogen-bond donors (Lipinski definition) is 1. The standard InChI is InChI=1S/C16H15ClF3N/c1-11-6-7-12(8-15(11)17)9-21-10-13-4-2-3-5-14(13)16(18,19)20/h2-8,21H,9-10H2,1H3. The van der Waals surface area contributed by atoms with Crippen molar-refractivity contribution in [2.24, 2.45) is 0 Å². The summed E-state index contributed by atoms with van der Waals surface area (Å²) in [6.45, 7) is 2.52. The van der Waals surface area contributed by atoms with E-state index in [1.807, 2.05) is 25.1 Å². The molecule has 0 amide bonds. The van der Waals surface area contributed by atoms with Crippen LogP contribution in [0.4, 0.5) is 13.2 Å². The minimum atomic E-state index is -4.33. The Kier molecular flexibility index (Phi) is 4.91. The van der Waals surface area contributed by atoms with Crippen molar-refractivity contribution in [1.82, 2.24) is 5.32 Å². The molecule has 2 aromatic rings. The van der Waals surface area contributed by atoms with Gasteiger partial charge in [0.1, 0.15) is 0 Å². The maximum absolute atomic E-state index is 12.9. The lowest BCUT2D eigenvalue weighted by atomic mass is 10.1. The van der Waals surface area contributed by atoms with Gasteiger partial charge in [-0.05, 0) is 35.7 Å². The summed E-state index contributed by atoms with van der Waals surface area (Å²) in [5, 5.41) is 3.68. The Morgan fingerprint density at radius 1 is 1.05 bits per heavy atom. The SMILES string of the molecule is Cc1ccc(CNCc2ccccc2C(F)(F)F)cc1Cl. The van der Waals surface area contributed by atoms with Crippen LogP contribution in [0.25, 0.3) is 0 Å². The zero-order valence-corrected chi connectivity index (χ0v) is 12.2. The fourth-order valence-electron chi connectivity index (χ4n) is 2.04. The van der Waals surface area contributed by atoms with Gasteiger partial charge >= 0.3 is 6.18 Å². The highest BCUT2D eigenvalue weighted by Gasteiger charge is 2.32. The van der Waals surface area contributed by atoms with Crippen LogP contribution in [0.15, 0.2) is 42.5 Å². The van der Waals surface area contributed by atoms with Crippen LogP contribution in [0.5, 0.6) is 0 Å². The molecule has 0 saturated heterocycles. The third-order valence-electron chi connectivity index (χ3n) is 3.20. The minimum Gasteiger partial charge on any atom is -0.309 e. The Labute approximate surface area is 126 Å². The van der Waals surface area contributed by atoms with Gasteiger partial charge in [0.2, 0.25) is 0 Å². The first-order valence-corrected chi connectivity index (χ1v) is 6.86. The van der Waals surface area contributed by atoms with E-state index in [2.05, 4.69) is 5.32 Å². The van der Waals surface area contributed by atoms with E-state index in [-0.39, 0.29) is 12.1 Å². The molecule has 0 spiro atoms. The van der Waals surface area contributed by atoms with Crippen LogP contribution < -0.4 is 5.32 Å². The first-order chi connectivity index (χ1) is 9.88. The Balaban J connectivity index is 2.02. The largest absolute Gasteiger partial charge is 0.416 e. The normalized spacial score (nSPS) is 11.7. The summed E-state index contributed by atoms with van der Waals surface area (Å²) >= 11 is 6.02. The lowest BCUT2D eigenvalue weighted by molar-refractivity contribution is -0.138. The first kappa shape index (κ1) is 15.9. The molecule has 2 aromatic carbocycles. The topological polar surface area (TPSA) is 12.0 Å². The Bertz CT molecular complexity index is 623. The molecular formula is C16H15ClF3N. The predicted molar refractivity (Wildman–Crippen MR) is 78.2 cm³/mol. The monoisotopic (exact) mass is 313 g/mol. The zero-order valence-electron chi connectivity index (χ0n) is 11.5. The van der Waals surface area contributed by atoms with Crippen molar-refractivity contribution in [2.75, 3.05) is 0 Å². The number of aryl methyl sites for hydroxylation is 1. The van der Waals surface area contributed by atoms with E-state index in [0.29, 0.717) is 11.6 Å². The Morgan fingerprint density at radius 2 is 1.76 bits per heavy atom. The lowest BCUT2D eigenvalue weighted by Crippen LogP contribution is -2.17. The smallest absolute Gasteiger partial charge is 0.309 e. The van der Waals surface area contributed by atoms with Crippen molar-refractivity contribution in [1.29, 1.82) is 0 Å². The van der Waals surface area contributed by atoms with Crippen LogP contribution in [0.2, 0.25) is 5.02 Å². The average Bonchev–Trinajstić information content (AvgIpc) is 2.42. The molecule has 0 aliphatic rings. The molecule has 0 heterocycles. The lowest BCUT2D eigenvalue weighted by Gasteiger charge is -2.13. The van der Waals surface area contributed by atoms with Gasteiger partial charge in [0.15, 0.2) is 0 Å². The van der Waals surface area contributed by atoms with Gasteiger partial charge in [-0.3, -0.25) is 0 Å². The number of nitrogens with one attached hydrogen (secondary N) is 1. The van der Waals surface area contributed by atoms with Crippen LogP contribution in [0.3, 0.4) is 0 Å². The Hall–Kier alpha value is -1.52. The van der Waals surface area contributed by atoms with Gasteiger partial charge in [-0.15, -0.1) is 0 Å². The fraction of sp³-hybridized carbons (Fsp3) is 0.250. The van der Waals surface area contributed by atoms with E-state index in [4.69, 9.17) is 11.6 Å². The maximum atomic E-state index is 12.9. The average molecular weight is 314 g/mol. The van der Waals surface area contributed by atoms with Gasteiger partial charge in [-0.25, -0.2) is 0 Å². The molecule has 0 aliphatic heterocycles. The molecule has 0 radical (unpaired) electrons. The molecule has 0 unspecified atom stereocenters. The molecule has 1 nitrogen and oxygen atoms in total. The Morgan fingerprint density at radius 3 is 2.43 bits per heavy atom. The van der Waals surface area contributed by atoms with Gasteiger partial charge in [-0.1, -0.05) is 41.9 Å². The van der Waals surface area contributed by atoms with Crippen LogP contribution in [0.1, 0.15) is 22.3 Å². The summed E-state index contributed by atoms with van der Waals surface area (Å²) in [5.74, 6) is 0. The second kappa shape index (κ2) is 6.50. The molecule has 0 aromatic heterocycles. The molecule has 21 heavy (non-hydrogen) atoms. The third kappa shape index (κ3) is 4.22. The number of hydrogen-bond acceptors (Lipinski definition) is 1. The summed E-state index contributed by atoms with van der Waals surface area (Å²) in [6, 6.07) is 11.2. The maximum Gasteiger partial charge on any atom is 0.416 e. The van der Waals surface area contributed by atoms with E-state index < -0.39 is 11.7 Å². The van der Waals surface area contributed by atoms with E-state index in [9.17, 15) is 13.2 Å². The van der Waals surface area contributed by atoms with Gasteiger partial charge in [0.05, 0.1) is 5.56 Å². The van der Waals surface area contributed by atoms with Gasteiger partial charge in [0, 0.05) is 18.1 Å². The van der Waals surface area contributed by atoms with Crippen LogP contribution in [-0.4, -0.2) is 0 Å². The molecule has 0 aliphatic carbocycles. The highest BCUT2D eigenvalue weighted by atomic mass is 35.5. The van der Waals surface area contributed by atoms with Crippen LogP contribution in [0, 0.1) is 6.92 Å². The highest BCUT2D eigenvalue weighted by molar-refractivity contribution is 6.31. The molecular weight excluding hydrogens is 299 g/mol. The summed E-state index contributed by atoms with van der Waals surface area (Å²) in [5.41, 5.74) is 1.56. The van der Waals surface area contributed by atoms with Crippen molar-refractivity contribution in [2.45, 2.75) is 26.2 Å². The summed E-state index contributed by atoms with van der Waals surface area (Å²) in [6.07, 6.45) is -4.33. The molecule has 0 bridgehead atoms. The van der Waals surface area contributed by atoms with Gasteiger partial charge in [0.25, 0.3) is 0 Å². The molecule has 0 fully saturated rings. The molecule has 112 valence electrons. The number of halogens is 4. The van der Waals surface area contributed by atoms with Gasteiger partial charge in [-0.2, -0.15) is 13.2 Å². The third-order valence-corrected chi connectivity index (χ3v) is 3.61. The number of rotatable bonds is 4. The van der Waals surface area contributed by atoms with Crippen molar-refractivity contribution < 1.29 is 13.2 Å². The summed E-state index contributed by atoms with van der Waals surface area (Å²) < 4.78 is 38.6. The zero-order chi connectivity index (χ0) is 15.5. The van der Waals surface area contributed by atoms with E-state index in [1.165, 1.54) is 12.1 Å². The molecule has 0 saturated carbocycles. The minimum absolute atomic E-state index is 0.154. The predicted octanol–water partition coefficient (Wildman–Crippen LogP) is 4.96. The van der Waals surface area contributed by atoms with Gasteiger partial charge < -0.3 is 5.32 Å². The summed E-state index contributed by atoms with van der Waals surface area (Å²) in [7, 11) is 0. The van der Waals surface area contributed by atoms with Crippen molar-refractivity contribution >= 4 is 11.6 Å². The molecule has 2 rings (SSSR count). The highest BCUT2D eigenvalue weighted by Crippen LogP contribution is 2.31. The van der Waals surface area contributed by atoms with E-state index in [0.717, 1.165) is 17.2 Å². The van der Waals surface area contributed by atoms with E-state index in [1.54, 1.807) is 6.07 Å². The van der Waals surface area contributed by atoms with Crippen molar-refractivity contribution in [3.05, 3.63) is 69.7 Å². The number of alkyl halides is 3. The molecule has 0 atom stereocenters. The quantitative estimate of drug-likeness (QED) is 0.841.